The first-order chi connectivity index (χ1) is 10.4. The summed E-state index contributed by atoms with van der Waals surface area (Å²) in [5.41, 5.74) is 0.934. The molecule has 0 radical (unpaired) electrons. The van der Waals surface area contributed by atoms with Gasteiger partial charge in [0.1, 0.15) is 17.6 Å². The summed E-state index contributed by atoms with van der Waals surface area (Å²) in [6, 6.07) is 5.07. The molecule has 1 amide bonds. The minimum Gasteiger partial charge on any atom is -0.467 e. The Morgan fingerprint density at radius 2 is 2.05 bits per heavy atom. The van der Waals surface area contributed by atoms with Gasteiger partial charge in [-0.25, -0.2) is 9.18 Å². The Kier molecular flexibility index (Phi) is 4.80. The van der Waals surface area contributed by atoms with Gasteiger partial charge in [-0.2, -0.15) is 0 Å². The summed E-state index contributed by atoms with van der Waals surface area (Å²) in [4.78, 5) is 26.9. The van der Waals surface area contributed by atoms with E-state index in [4.69, 9.17) is 4.74 Å². The van der Waals surface area contributed by atoms with Gasteiger partial charge in [0.25, 0.3) is 5.91 Å². The predicted octanol–water partition coefficient (Wildman–Crippen LogP) is 2.62. The van der Waals surface area contributed by atoms with Gasteiger partial charge in [0.15, 0.2) is 0 Å². The average molecular weight is 306 g/mol. The number of H-pyrrole nitrogens is 1. The number of aromatic amines is 1. The van der Waals surface area contributed by atoms with Crippen LogP contribution in [0.1, 0.15) is 30.8 Å². The third-order valence-corrected chi connectivity index (χ3v) is 3.33. The molecular weight excluding hydrogens is 287 g/mol. The standard InChI is InChI=1S/C16H19FN2O3/c1-9(2)6-14(16(21)22-3)19-15(20)13-8-10-7-11(17)4-5-12(10)18-13/h4-5,7-9,14,18H,6H2,1-3H3,(H,19,20). The Labute approximate surface area is 127 Å². The lowest BCUT2D eigenvalue weighted by Gasteiger charge is -2.17. The fraction of sp³-hybridized carbons (Fsp3) is 0.375. The van der Waals surface area contributed by atoms with Crippen LogP contribution in [0.15, 0.2) is 24.3 Å². The van der Waals surface area contributed by atoms with Gasteiger partial charge in [0.05, 0.1) is 7.11 Å². The fourth-order valence-corrected chi connectivity index (χ4v) is 2.29. The van der Waals surface area contributed by atoms with Crippen LogP contribution < -0.4 is 5.32 Å². The number of carbonyl (C=O) groups excluding carboxylic acids is 2. The van der Waals surface area contributed by atoms with Crippen molar-refractivity contribution >= 4 is 22.8 Å². The molecule has 118 valence electrons. The smallest absolute Gasteiger partial charge is 0.328 e. The van der Waals surface area contributed by atoms with Crippen molar-refractivity contribution < 1.29 is 18.7 Å². The van der Waals surface area contributed by atoms with Crippen LogP contribution in [0.5, 0.6) is 0 Å². The van der Waals surface area contributed by atoms with Crippen LogP contribution in [0, 0.1) is 11.7 Å². The van der Waals surface area contributed by atoms with Crippen molar-refractivity contribution in [2.24, 2.45) is 5.92 Å². The highest BCUT2D eigenvalue weighted by molar-refractivity contribution is 5.99. The topological polar surface area (TPSA) is 71.2 Å². The van der Waals surface area contributed by atoms with Crippen molar-refractivity contribution in [1.82, 2.24) is 10.3 Å². The van der Waals surface area contributed by atoms with E-state index in [2.05, 4.69) is 10.3 Å². The number of esters is 1. The average Bonchev–Trinajstić information content (AvgIpc) is 2.88. The number of hydrogen-bond donors (Lipinski definition) is 2. The monoisotopic (exact) mass is 306 g/mol. The van der Waals surface area contributed by atoms with Crippen molar-refractivity contribution in [1.29, 1.82) is 0 Å². The number of methoxy groups -OCH3 is 1. The van der Waals surface area contributed by atoms with Gasteiger partial charge in [-0.3, -0.25) is 4.79 Å². The van der Waals surface area contributed by atoms with Crippen LogP contribution in [-0.4, -0.2) is 30.0 Å². The number of halogens is 1. The van der Waals surface area contributed by atoms with Gasteiger partial charge in [-0.1, -0.05) is 13.8 Å². The Morgan fingerprint density at radius 1 is 1.32 bits per heavy atom. The maximum absolute atomic E-state index is 13.2. The third kappa shape index (κ3) is 3.63. The predicted molar refractivity (Wildman–Crippen MR) is 81.0 cm³/mol. The molecule has 2 rings (SSSR count). The quantitative estimate of drug-likeness (QED) is 0.834. The van der Waals surface area contributed by atoms with Gasteiger partial charge in [-0.05, 0) is 36.6 Å². The lowest BCUT2D eigenvalue weighted by Crippen LogP contribution is -2.42. The van der Waals surface area contributed by atoms with E-state index in [1.807, 2.05) is 13.8 Å². The third-order valence-electron chi connectivity index (χ3n) is 3.33. The number of carbonyl (C=O) groups is 2. The molecule has 2 N–H and O–H groups in total. The second kappa shape index (κ2) is 6.60. The summed E-state index contributed by atoms with van der Waals surface area (Å²) in [5.74, 6) is -1.05. The number of amides is 1. The minimum atomic E-state index is -0.708. The van der Waals surface area contributed by atoms with Gasteiger partial charge < -0.3 is 15.0 Å². The molecule has 1 atom stereocenters. The van der Waals surface area contributed by atoms with Crippen molar-refractivity contribution in [3.63, 3.8) is 0 Å². The molecule has 1 unspecified atom stereocenters. The highest BCUT2D eigenvalue weighted by atomic mass is 19.1. The molecule has 0 aliphatic carbocycles. The maximum atomic E-state index is 13.2. The van der Waals surface area contributed by atoms with E-state index in [-0.39, 0.29) is 17.4 Å². The van der Waals surface area contributed by atoms with Crippen molar-refractivity contribution in [3.8, 4) is 0 Å². The van der Waals surface area contributed by atoms with Crippen LogP contribution in [-0.2, 0) is 9.53 Å². The van der Waals surface area contributed by atoms with E-state index in [0.29, 0.717) is 17.3 Å². The van der Waals surface area contributed by atoms with Crippen molar-refractivity contribution in [2.75, 3.05) is 7.11 Å². The van der Waals surface area contributed by atoms with Gasteiger partial charge in [0, 0.05) is 10.9 Å². The van der Waals surface area contributed by atoms with E-state index >= 15 is 0 Å². The Balaban J connectivity index is 2.19. The number of aromatic nitrogens is 1. The van der Waals surface area contributed by atoms with Crippen LogP contribution >= 0.6 is 0 Å². The molecule has 1 aromatic heterocycles. The number of fused-ring (bicyclic) bond motifs is 1. The highest BCUT2D eigenvalue weighted by Crippen LogP contribution is 2.17. The Hall–Kier alpha value is -2.37. The molecule has 1 heterocycles. The SMILES string of the molecule is COC(=O)C(CC(C)C)NC(=O)c1cc2cc(F)ccc2[nH]1. The summed E-state index contributed by atoms with van der Waals surface area (Å²) < 4.78 is 17.9. The van der Waals surface area contributed by atoms with Crippen LogP contribution in [0.2, 0.25) is 0 Å². The molecule has 1 aromatic carbocycles. The van der Waals surface area contributed by atoms with Crippen LogP contribution in [0.25, 0.3) is 10.9 Å². The van der Waals surface area contributed by atoms with Crippen LogP contribution in [0.3, 0.4) is 0 Å². The lowest BCUT2D eigenvalue weighted by atomic mass is 10.0. The molecular formula is C16H19FN2O3. The summed E-state index contributed by atoms with van der Waals surface area (Å²) in [5, 5.41) is 3.25. The molecule has 0 aliphatic rings. The summed E-state index contributed by atoms with van der Waals surface area (Å²) in [6.45, 7) is 3.90. The molecule has 0 bridgehead atoms. The molecule has 2 aromatic rings. The minimum absolute atomic E-state index is 0.223. The molecule has 0 saturated heterocycles. The van der Waals surface area contributed by atoms with Crippen LogP contribution in [0.4, 0.5) is 4.39 Å². The maximum Gasteiger partial charge on any atom is 0.328 e. The first-order valence-corrected chi connectivity index (χ1v) is 7.07. The number of rotatable bonds is 5. The highest BCUT2D eigenvalue weighted by Gasteiger charge is 2.23. The zero-order chi connectivity index (χ0) is 16.3. The molecule has 5 nitrogen and oxygen atoms in total. The number of hydrogen-bond acceptors (Lipinski definition) is 3. The van der Waals surface area contributed by atoms with Gasteiger partial charge in [0.2, 0.25) is 0 Å². The van der Waals surface area contributed by atoms with Gasteiger partial charge in [-0.15, -0.1) is 0 Å². The second-order valence-corrected chi connectivity index (χ2v) is 5.59. The lowest BCUT2D eigenvalue weighted by molar-refractivity contribution is -0.143. The van der Waals surface area contributed by atoms with Crippen molar-refractivity contribution in [3.05, 3.63) is 35.8 Å². The second-order valence-electron chi connectivity index (χ2n) is 5.59. The molecule has 0 spiro atoms. The Bertz CT molecular complexity index is 694. The molecule has 6 heteroatoms. The van der Waals surface area contributed by atoms with E-state index in [1.165, 1.54) is 19.2 Å². The number of nitrogens with one attached hydrogen (secondary N) is 2. The van der Waals surface area contributed by atoms with E-state index in [9.17, 15) is 14.0 Å². The fourth-order valence-electron chi connectivity index (χ4n) is 2.29. The zero-order valence-electron chi connectivity index (χ0n) is 12.8. The molecule has 0 aliphatic heterocycles. The summed E-state index contributed by atoms with van der Waals surface area (Å²) in [6.07, 6.45) is 0.479. The summed E-state index contributed by atoms with van der Waals surface area (Å²) in [7, 11) is 1.29. The van der Waals surface area contributed by atoms with E-state index in [1.54, 1.807) is 12.1 Å². The number of ether oxygens (including phenoxy) is 1. The zero-order valence-corrected chi connectivity index (χ0v) is 12.8. The molecule has 0 saturated carbocycles. The van der Waals surface area contributed by atoms with Crippen molar-refractivity contribution in [2.45, 2.75) is 26.3 Å². The van der Waals surface area contributed by atoms with E-state index < -0.39 is 17.9 Å². The molecule has 22 heavy (non-hydrogen) atoms. The van der Waals surface area contributed by atoms with E-state index in [0.717, 1.165) is 0 Å². The first kappa shape index (κ1) is 16.0. The largest absolute Gasteiger partial charge is 0.467 e. The summed E-state index contributed by atoms with van der Waals surface area (Å²) >= 11 is 0. The van der Waals surface area contributed by atoms with Gasteiger partial charge >= 0.3 is 5.97 Å². The Morgan fingerprint density at radius 3 is 2.68 bits per heavy atom. The first-order valence-electron chi connectivity index (χ1n) is 7.07. The molecule has 0 fully saturated rings. The normalized spacial score (nSPS) is 12.4. The number of benzene rings is 1.